The van der Waals surface area contributed by atoms with Gasteiger partial charge in [0.05, 0.1) is 0 Å². The average Bonchev–Trinajstić information content (AvgIpc) is 2.15. The van der Waals surface area contributed by atoms with Crippen LogP contribution in [0.1, 0.15) is 34.6 Å². The zero-order chi connectivity index (χ0) is 13.2. The largest absolute Gasteiger partial charge is 0.378 e. The second-order valence-electron chi connectivity index (χ2n) is 6.05. The predicted molar refractivity (Wildman–Crippen MR) is 82.2 cm³/mol. The molecule has 2 heteroatoms. The normalized spacial score (nSPS) is 13.9. The Morgan fingerprint density at radius 1 is 1.00 bits per heavy atom. The molecule has 1 nitrogen and oxygen atoms in total. The average molecular weight is 251 g/mol. The van der Waals surface area contributed by atoms with Crippen molar-refractivity contribution in [3.8, 4) is 0 Å². The van der Waals surface area contributed by atoms with E-state index in [2.05, 4.69) is 77.9 Å². The molecule has 0 fully saturated rings. The number of hydrogen-bond donors (Lipinski definition) is 0. The second-order valence-corrected chi connectivity index (χ2v) is 9.68. The Balaban J connectivity index is 3.05. The van der Waals surface area contributed by atoms with Gasteiger partial charge in [0.2, 0.25) is 0 Å². The van der Waals surface area contributed by atoms with Gasteiger partial charge in [-0.1, -0.05) is 54.7 Å². The summed E-state index contributed by atoms with van der Waals surface area (Å²) >= 11 is 0. The minimum atomic E-state index is -0.106. The monoisotopic (exact) mass is 251 g/mol. The summed E-state index contributed by atoms with van der Waals surface area (Å²) in [5.41, 5.74) is 2.01. The third-order valence-electron chi connectivity index (χ3n) is 2.88. The Bertz CT molecular complexity index is 346. The van der Waals surface area contributed by atoms with E-state index in [0.29, 0.717) is 5.16 Å². The van der Waals surface area contributed by atoms with E-state index < -0.39 is 0 Å². The number of anilines is 1. The molecule has 0 N–H and O–H groups in total. The quantitative estimate of drug-likeness (QED) is 0.732. The highest BCUT2D eigenvalue weighted by Crippen LogP contribution is 2.52. The molecule has 1 aromatic carbocycles. The molecule has 0 radical (unpaired) electrons. The second kappa shape index (κ2) is 5.40. The summed E-state index contributed by atoms with van der Waals surface area (Å²) in [4.78, 5) is 2.15. The van der Waals surface area contributed by atoms with E-state index in [1.165, 1.54) is 11.0 Å². The molecule has 1 unspecified atom stereocenters. The molecule has 1 aromatic rings. The maximum absolute atomic E-state index is 2.36. The Kier molecular flexibility index (Phi) is 4.61. The van der Waals surface area contributed by atoms with Gasteiger partial charge in [0.1, 0.15) is 0 Å². The molecule has 0 aromatic heterocycles. The van der Waals surface area contributed by atoms with Crippen molar-refractivity contribution in [3.63, 3.8) is 0 Å². The standard InChI is InChI=1S/C15H26NP/c1-12(2)17(15(3,4)5)14-10-8-13(9-11-14)16(6)7/h8-12H,1-7H3. The number of benzene rings is 1. The molecule has 0 spiro atoms. The third-order valence-corrected chi connectivity index (χ3v) is 6.22. The first-order chi connectivity index (χ1) is 7.73. The summed E-state index contributed by atoms with van der Waals surface area (Å²) in [5, 5.41) is 1.90. The van der Waals surface area contributed by atoms with Gasteiger partial charge in [-0.15, -0.1) is 0 Å². The third kappa shape index (κ3) is 3.71. The van der Waals surface area contributed by atoms with Crippen LogP contribution in [0.15, 0.2) is 24.3 Å². The highest BCUT2D eigenvalue weighted by Gasteiger charge is 2.28. The van der Waals surface area contributed by atoms with Crippen molar-refractivity contribution in [2.45, 2.75) is 45.4 Å². The molecule has 1 atom stereocenters. The van der Waals surface area contributed by atoms with Gasteiger partial charge in [0.25, 0.3) is 0 Å². The summed E-state index contributed by atoms with van der Waals surface area (Å²) in [6.07, 6.45) is 0. The molecule has 17 heavy (non-hydrogen) atoms. The summed E-state index contributed by atoms with van der Waals surface area (Å²) in [6, 6.07) is 9.09. The minimum absolute atomic E-state index is 0.106. The molecule has 0 saturated heterocycles. The Hall–Kier alpha value is -0.550. The smallest absolute Gasteiger partial charge is 0.0361 e. The first-order valence-corrected chi connectivity index (χ1v) is 7.71. The Morgan fingerprint density at radius 2 is 1.47 bits per heavy atom. The van der Waals surface area contributed by atoms with Gasteiger partial charge in [-0.3, -0.25) is 0 Å². The van der Waals surface area contributed by atoms with Gasteiger partial charge in [-0.25, -0.2) is 0 Å². The van der Waals surface area contributed by atoms with Gasteiger partial charge >= 0.3 is 0 Å². The molecule has 0 bridgehead atoms. The van der Waals surface area contributed by atoms with Gasteiger partial charge in [-0.05, 0) is 28.3 Å². The van der Waals surface area contributed by atoms with Crippen molar-refractivity contribution in [1.82, 2.24) is 0 Å². The lowest BCUT2D eigenvalue weighted by molar-refractivity contribution is 0.776. The first kappa shape index (κ1) is 14.5. The van der Waals surface area contributed by atoms with Crippen LogP contribution in [-0.2, 0) is 0 Å². The van der Waals surface area contributed by atoms with Crippen molar-refractivity contribution < 1.29 is 0 Å². The number of rotatable bonds is 3. The van der Waals surface area contributed by atoms with Crippen molar-refractivity contribution >= 4 is 18.9 Å². The van der Waals surface area contributed by atoms with Gasteiger partial charge in [0.15, 0.2) is 0 Å². The fourth-order valence-electron chi connectivity index (χ4n) is 2.37. The molecular formula is C15H26NP. The van der Waals surface area contributed by atoms with Crippen molar-refractivity contribution in [2.24, 2.45) is 0 Å². The van der Waals surface area contributed by atoms with E-state index in [1.54, 1.807) is 0 Å². The van der Waals surface area contributed by atoms with Crippen molar-refractivity contribution in [2.75, 3.05) is 19.0 Å². The highest BCUT2D eigenvalue weighted by molar-refractivity contribution is 7.67. The summed E-state index contributed by atoms with van der Waals surface area (Å²) in [5.74, 6) is 0. The van der Waals surface area contributed by atoms with Crippen LogP contribution in [0.2, 0.25) is 0 Å². The molecule has 1 rings (SSSR count). The molecule has 0 aliphatic heterocycles. The van der Waals surface area contributed by atoms with E-state index >= 15 is 0 Å². The van der Waals surface area contributed by atoms with E-state index in [1.807, 2.05) is 0 Å². The summed E-state index contributed by atoms with van der Waals surface area (Å²) < 4.78 is 0. The van der Waals surface area contributed by atoms with Crippen molar-refractivity contribution in [1.29, 1.82) is 0 Å². The van der Waals surface area contributed by atoms with Gasteiger partial charge < -0.3 is 4.90 Å². The SMILES string of the molecule is CC(C)P(c1ccc(N(C)C)cc1)C(C)(C)C. The lowest BCUT2D eigenvalue weighted by Crippen LogP contribution is -2.24. The predicted octanol–water partition coefficient (Wildman–Crippen LogP) is 4.07. The van der Waals surface area contributed by atoms with Crippen molar-refractivity contribution in [3.05, 3.63) is 24.3 Å². The molecule has 96 valence electrons. The van der Waals surface area contributed by atoms with Crippen LogP contribution in [-0.4, -0.2) is 24.9 Å². The molecule has 0 heterocycles. The van der Waals surface area contributed by atoms with E-state index in [-0.39, 0.29) is 7.92 Å². The van der Waals surface area contributed by atoms with Crippen LogP contribution in [0.5, 0.6) is 0 Å². The van der Waals surface area contributed by atoms with E-state index in [9.17, 15) is 0 Å². The first-order valence-electron chi connectivity index (χ1n) is 6.30. The summed E-state index contributed by atoms with van der Waals surface area (Å²) in [7, 11) is 4.07. The van der Waals surface area contributed by atoms with E-state index in [4.69, 9.17) is 0 Å². The molecular weight excluding hydrogens is 225 g/mol. The van der Waals surface area contributed by atoms with Crippen LogP contribution < -0.4 is 10.2 Å². The summed E-state index contributed by atoms with van der Waals surface area (Å²) in [6.45, 7) is 11.8. The zero-order valence-corrected chi connectivity index (χ0v) is 13.2. The zero-order valence-electron chi connectivity index (χ0n) is 12.3. The topological polar surface area (TPSA) is 3.24 Å². The fraction of sp³-hybridized carbons (Fsp3) is 0.600. The maximum atomic E-state index is 2.36. The maximum Gasteiger partial charge on any atom is 0.0361 e. The molecule has 0 aliphatic rings. The lowest BCUT2D eigenvalue weighted by atomic mass is 10.2. The van der Waals surface area contributed by atoms with Crippen LogP contribution in [0.25, 0.3) is 0 Å². The lowest BCUT2D eigenvalue weighted by Gasteiger charge is -2.35. The van der Waals surface area contributed by atoms with Gasteiger partial charge in [-0.2, -0.15) is 0 Å². The van der Waals surface area contributed by atoms with Crippen LogP contribution >= 0.6 is 7.92 Å². The van der Waals surface area contributed by atoms with E-state index in [0.717, 1.165) is 5.66 Å². The number of nitrogens with zero attached hydrogens (tertiary/aromatic N) is 1. The Labute approximate surface area is 108 Å². The fourth-order valence-corrected chi connectivity index (χ4v) is 5.76. The molecule has 0 aliphatic carbocycles. The van der Waals surface area contributed by atoms with Gasteiger partial charge in [0, 0.05) is 19.8 Å². The van der Waals surface area contributed by atoms with Crippen LogP contribution in [0, 0.1) is 0 Å². The van der Waals surface area contributed by atoms with Crippen LogP contribution in [0.3, 0.4) is 0 Å². The highest BCUT2D eigenvalue weighted by atomic mass is 31.1. The molecule has 0 amide bonds. The van der Waals surface area contributed by atoms with Crippen LogP contribution in [0.4, 0.5) is 5.69 Å². The Morgan fingerprint density at radius 3 is 1.76 bits per heavy atom. The number of hydrogen-bond acceptors (Lipinski definition) is 1. The minimum Gasteiger partial charge on any atom is -0.378 e. The molecule has 0 saturated carbocycles.